The molecule has 0 fully saturated rings. The Kier molecular flexibility index (Phi) is 4.05. The first-order valence-corrected chi connectivity index (χ1v) is 5.82. The van der Waals surface area contributed by atoms with Gasteiger partial charge in [-0.3, -0.25) is 9.78 Å². The number of hydrogen-bond donors (Lipinski definition) is 3. The Morgan fingerprint density at radius 2 is 2.05 bits per heavy atom. The number of allylic oxidation sites excluding steroid dienone is 1. The number of ketones is 1. The predicted octanol–water partition coefficient (Wildman–Crippen LogP) is 0.912. The molecule has 5 nitrogen and oxygen atoms in total. The zero-order valence-corrected chi connectivity index (χ0v) is 10.2. The average molecular weight is 287 g/mol. The highest BCUT2D eigenvalue weighted by atomic mass is 19.4. The van der Waals surface area contributed by atoms with Crippen LogP contribution in [0.4, 0.5) is 13.2 Å². The summed E-state index contributed by atoms with van der Waals surface area (Å²) in [5.74, 6) is -0.473. The molecular weight excluding hydrogens is 275 g/mol. The van der Waals surface area contributed by atoms with Crippen molar-refractivity contribution in [2.24, 2.45) is 0 Å². The van der Waals surface area contributed by atoms with Crippen molar-refractivity contribution in [1.82, 2.24) is 15.8 Å². The van der Waals surface area contributed by atoms with Crippen molar-refractivity contribution in [3.05, 3.63) is 41.4 Å². The molecule has 0 aliphatic carbocycles. The number of nitrogens with zero attached hydrogens (tertiary/aromatic N) is 1. The number of carbonyl (C=O) groups excluding carboxylic acids is 1. The SMILES string of the molecule is O=C1C=C(CCc2ccc(C(F)(F)F)cn2)NNC1O. The number of aliphatic hydroxyl groups is 1. The van der Waals surface area contributed by atoms with Crippen LogP contribution in [0, 0.1) is 0 Å². The summed E-state index contributed by atoms with van der Waals surface area (Å²) in [5.41, 5.74) is 5.24. The van der Waals surface area contributed by atoms with E-state index in [-0.39, 0.29) is 0 Å². The summed E-state index contributed by atoms with van der Waals surface area (Å²) in [4.78, 5) is 14.9. The Labute approximate surface area is 112 Å². The fourth-order valence-corrected chi connectivity index (χ4v) is 1.66. The van der Waals surface area contributed by atoms with Crippen LogP contribution >= 0.6 is 0 Å². The van der Waals surface area contributed by atoms with E-state index in [1.165, 1.54) is 12.1 Å². The van der Waals surface area contributed by atoms with Crippen LogP contribution in [-0.4, -0.2) is 22.1 Å². The number of aromatic nitrogens is 1. The number of rotatable bonds is 3. The van der Waals surface area contributed by atoms with Gasteiger partial charge in [0, 0.05) is 23.7 Å². The standard InChI is InChI=1S/C12H12F3N3O2/c13-12(14,15)7-1-2-8(16-6-7)3-4-9-5-10(19)11(20)18-17-9/h1-2,5-6,11,17-18,20H,3-4H2. The quantitative estimate of drug-likeness (QED) is 0.770. The minimum atomic E-state index is -4.40. The van der Waals surface area contributed by atoms with E-state index in [0.29, 0.717) is 24.2 Å². The van der Waals surface area contributed by atoms with Crippen molar-refractivity contribution < 1.29 is 23.1 Å². The molecule has 0 saturated carbocycles. The monoisotopic (exact) mass is 287 g/mol. The van der Waals surface area contributed by atoms with Gasteiger partial charge >= 0.3 is 6.18 Å². The van der Waals surface area contributed by atoms with E-state index >= 15 is 0 Å². The van der Waals surface area contributed by atoms with Crippen molar-refractivity contribution in [3.8, 4) is 0 Å². The summed E-state index contributed by atoms with van der Waals surface area (Å²) in [7, 11) is 0. The van der Waals surface area contributed by atoms with Crippen molar-refractivity contribution in [3.63, 3.8) is 0 Å². The van der Waals surface area contributed by atoms with Gasteiger partial charge in [-0.05, 0) is 25.0 Å². The first kappa shape index (κ1) is 14.5. The van der Waals surface area contributed by atoms with Crippen molar-refractivity contribution in [2.45, 2.75) is 25.2 Å². The highest BCUT2D eigenvalue weighted by Crippen LogP contribution is 2.28. The molecule has 0 spiro atoms. The van der Waals surface area contributed by atoms with Crippen molar-refractivity contribution in [2.75, 3.05) is 0 Å². The highest BCUT2D eigenvalue weighted by Gasteiger charge is 2.30. The van der Waals surface area contributed by atoms with E-state index in [9.17, 15) is 18.0 Å². The van der Waals surface area contributed by atoms with Crippen LogP contribution in [0.2, 0.25) is 0 Å². The number of aryl methyl sites for hydroxylation is 1. The van der Waals surface area contributed by atoms with Crippen LogP contribution in [0.1, 0.15) is 17.7 Å². The number of hydrazine groups is 1. The summed E-state index contributed by atoms with van der Waals surface area (Å²) < 4.78 is 37.0. The average Bonchev–Trinajstić information content (AvgIpc) is 2.40. The maximum Gasteiger partial charge on any atom is 0.417 e. The Morgan fingerprint density at radius 3 is 2.60 bits per heavy atom. The third-order valence-corrected chi connectivity index (χ3v) is 2.76. The van der Waals surface area contributed by atoms with E-state index in [2.05, 4.69) is 15.8 Å². The molecule has 1 aromatic rings. The van der Waals surface area contributed by atoms with Gasteiger partial charge in [0.25, 0.3) is 0 Å². The number of halogens is 3. The molecule has 0 aromatic carbocycles. The molecule has 0 saturated heterocycles. The zero-order chi connectivity index (χ0) is 14.8. The highest BCUT2D eigenvalue weighted by molar-refractivity contribution is 5.94. The Hall–Kier alpha value is -1.93. The fourth-order valence-electron chi connectivity index (χ4n) is 1.66. The second kappa shape index (κ2) is 5.59. The molecule has 1 aliphatic heterocycles. The molecular formula is C12H12F3N3O2. The first-order valence-electron chi connectivity index (χ1n) is 5.82. The molecule has 2 rings (SSSR count). The summed E-state index contributed by atoms with van der Waals surface area (Å²) in [6.45, 7) is 0. The normalized spacial score (nSPS) is 19.5. The Bertz CT molecular complexity index is 526. The third kappa shape index (κ3) is 3.55. The second-order valence-electron chi connectivity index (χ2n) is 4.28. The van der Waals surface area contributed by atoms with E-state index in [1.807, 2.05) is 0 Å². The molecule has 0 bridgehead atoms. The molecule has 20 heavy (non-hydrogen) atoms. The molecule has 1 aliphatic rings. The first-order chi connectivity index (χ1) is 9.36. The summed E-state index contributed by atoms with van der Waals surface area (Å²) >= 11 is 0. The summed E-state index contributed by atoms with van der Waals surface area (Å²) in [6, 6.07) is 2.27. The van der Waals surface area contributed by atoms with Gasteiger partial charge in [0.05, 0.1) is 5.56 Å². The number of pyridine rings is 1. The van der Waals surface area contributed by atoms with Crippen molar-refractivity contribution >= 4 is 5.78 Å². The van der Waals surface area contributed by atoms with E-state index in [0.717, 1.165) is 12.3 Å². The zero-order valence-electron chi connectivity index (χ0n) is 10.2. The maximum absolute atomic E-state index is 12.3. The van der Waals surface area contributed by atoms with Gasteiger partial charge in [0.15, 0.2) is 6.23 Å². The van der Waals surface area contributed by atoms with Gasteiger partial charge in [0.1, 0.15) is 0 Å². The number of nitrogens with one attached hydrogen (secondary N) is 2. The van der Waals surface area contributed by atoms with Crippen LogP contribution in [0.3, 0.4) is 0 Å². The van der Waals surface area contributed by atoms with E-state index in [1.54, 1.807) is 0 Å². The van der Waals surface area contributed by atoms with Gasteiger partial charge < -0.3 is 10.5 Å². The molecule has 0 radical (unpaired) electrons. The minimum absolute atomic E-state index is 0.377. The van der Waals surface area contributed by atoms with Crippen LogP contribution < -0.4 is 10.9 Å². The van der Waals surface area contributed by atoms with Gasteiger partial charge in [-0.2, -0.15) is 13.2 Å². The number of hydrogen-bond acceptors (Lipinski definition) is 5. The van der Waals surface area contributed by atoms with Gasteiger partial charge in [-0.25, -0.2) is 5.43 Å². The number of carbonyl (C=O) groups is 1. The molecule has 3 N–H and O–H groups in total. The molecule has 1 aromatic heterocycles. The molecule has 108 valence electrons. The van der Waals surface area contributed by atoms with Gasteiger partial charge in [0.2, 0.25) is 5.78 Å². The second-order valence-corrected chi connectivity index (χ2v) is 4.28. The maximum atomic E-state index is 12.3. The number of aliphatic hydroxyl groups excluding tert-OH is 1. The van der Waals surface area contributed by atoms with Gasteiger partial charge in [-0.1, -0.05) is 0 Å². The summed E-state index contributed by atoms with van der Waals surface area (Å²) in [6.07, 6.45) is -2.86. The number of alkyl halides is 3. The summed E-state index contributed by atoms with van der Waals surface area (Å²) in [5, 5.41) is 9.10. The fraction of sp³-hybridized carbons (Fsp3) is 0.333. The topological polar surface area (TPSA) is 74.2 Å². The Morgan fingerprint density at radius 1 is 1.30 bits per heavy atom. The van der Waals surface area contributed by atoms with Crippen LogP contribution in [0.15, 0.2) is 30.1 Å². The van der Waals surface area contributed by atoms with Crippen molar-refractivity contribution in [1.29, 1.82) is 0 Å². The lowest BCUT2D eigenvalue weighted by atomic mass is 10.1. The van der Waals surface area contributed by atoms with Gasteiger partial charge in [-0.15, -0.1) is 0 Å². The van der Waals surface area contributed by atoms with E-state index in [4.69, 9.17) is 5.11 Å². The molecule has 2 heterocycles. The smallest absolute Gasteiger partial charge is 0.370 e. The van der Waals surface area contributed by atoms with Crippen LogP contribution in [0.5, 0.6) is 0 Å². The minimum Gasteiger partial charge on any atom is -0.370 e. The molecule has 8 heteroatoms. The van der Waals surface area contributed by atoms with Crippen LogP contribution in [-0.2, 0) is 17.4 Å². The lowest BCUT2D eigenvalue weighted by Gasteiger charge is -2.20. The third-order valence-electron chi connectivity index (χ3n) is 2.76. The largest absolute Gasteiger partial charge is 0.417 e. The Balaban J connectivity index is 1.95. The molecule has 1 unspecified atom stereocenters. The van der Waals surface area contributed by atoms with E-state index < -0.39 is 23.8 Å². The lowest BCUT2D eigenvalue weighted by Crippen LogP contribution is -2.48. The molecule has 0 amide bonds. The lowest BCUT2D eigenvalue weighted by molar-refractivity contribution is -0.137. The predicted molar refractivity (Wildman–Crippen MR) is 62.9 cm³/mol. The van der Waals surface area contributed by atoms with Crippen LogP contribution in [0.25, 0.3) is 0 Å². The molecule has 1 atom stereocenters.